The average Bonchev–Trinajstić information content (AvgIpc) is 2.87. The number of rotatable bonds is 5. The molecule has 1 heterocycles. The lowest BCUT2D eigenvalue weighted by Gasteiger charge is -2.10. The second kappa shape index (κ2) is 9.78. The van der Waals surface area contributed by atoms with E-state index >= 15 is 0 Å². The monoisotopic (exact) mass is 478 g/mol. The highest BCUT2D eigenvalue weighted by Crippen LogP contribution is 2.12. The van der Waals surface area contributed by atoms with E-state index in [1.807, 2.05) is 26.1 Å². The molecule has 0 aliphatic rings. The number of aryl methyl sites for hydroxylation is 1. The molecule has 1 aromatic carbocycles. The maximum absolute atomic E-state index is 4.57. The summed E-state index contributed by atoms with van der Waals surface area (Å²) in [7, 11) is 1.87. The second-order valence-electron chi connectivity index (χ2n) is 4.48. The number of aromatic nitrogens is 3. The Hall–Kier alpha value is -1.16. The lowest BCUT2D eigenvalue weighted by Crippen LogP contribution is -2.37. The van der Waals surface area contributed by atoms with Gasteiger partial charge < -0.3 is 10.6 Å². The Balaban J connectivity index is 0.00000242. The van der Waals surface area contributed by atoms with E-state index in [9.17, 15) is 0 Å². The molecule has 0 saturated heterocycles. The fourth-order valence-electron chi connectivity index (χ4n) is 1.79. The van der Waals surface area contributed by atoms with Gasteiger partial charge in [0, 0.05) is 18.1 Å². The van der Waals surface area contributed by atoms with Gasteiger partial charge >= 0.3 is 0 Å². The molecule has 22 heavy (non-hydrogen) atoms. The van der Waals surface area contributed by atoms with Crippen LogP contribution in [-0.4, -0.2) is 27.3 Å². The summed E-state index contributed by atoms with van der Waals surface area (Å²) in [6.07, 6.45) is 1.54. The fourth-order valence-corrected chi connectivity index (χ4v) is 2.24. The van der Waals surface area contributed by atoms with Gasteiger partial charge in [-0.05, 0) is 24.6 Å². The van der Waals surface area contributed by atoms with E-state index < -0.39 is 0 Å². The van der Waals surface area contributed by atoms with Crippen molar-refractivity contribution in [3.8, 4) is 0 Å². The van der Waals surface area contributed by atoms with Crippen molar-refractivity contribution in [3.05, 3.63) is 46.5 Å². The molecule has 1 aromatic heterocycles. The number of nitrogens with one attached hydrogen (secondary N) is 2. The fraction of sp³-hybridized carbons (Fsp3) is 0.357. The zero-order chi connectivity index (χ0) is 15.1. The Bertz CT molecular complexity index is 613. The Morgan fingerprint density at radius 2 is 2.18 bits per heavy atom. The van der Waals surface area contributed by atoms with Crippen LogP contribution in [-0.2, 0) is 20.1 Å². The van der Waals surface area contributed by atoms with Crippen molar-refractivity contribution < 1.29 is 0 Å². The predicted molar refractivity (Wildman–Crippen MR) is 102 cm³/mol. The minimum absolute atomic E-state index is 0. The number of aliphatic imine (C=N–C) groups is 1. The Labute approximate surface area is 156 Å². The van der Waals surface area contributed by atoms with Gasteiger partial charge in [-0.15, -0.1) is 24.0 Å². The summed E-state index contributed by atoms with van der Waals surface area (Å²) in [6.45, 7) is 4.05. The maximum atomic E-state index is 4.57. The summed E-state index contributed by atoms with van der Waals surface area (Å²) in [4.78, 5) is 8.75. The first-order valence-electron chi connectivity index (χ1n) is 6.78. The molecule has 0 bridgehead atoms. The molecular formula is C14H20BrIN6. The number of hydrogen-bond donors (Lipinski definition) is 2. The smallest absolute Gasteiger partial charge is 0.191 e. The molecule has 2 rings (SSSR count). The highest BCUT2D eigenvalue weighted by Gasteiger charge is 2.02. The van der Waals surface area contributed by atoms with Gasteiger partial charge in [0.25, 0.3) is 0 Å². The molecule has 120 valence electrons. The zero-order valence-electron chi connectivity index (χ0n) is 12.6. The summed E-state index contributed by atoms with van der Waals surface area (Å²) >= 11 is 3.47. The minimum Gasteiger partial charge on any atom is -0.357 e. The van der Waals surface area contributed by atoms with Gasteiger partial charge in [0.2, 0.25) is 0 Å². The number of guanidine groups is 1. The zero-order valence-corrected chi connectivity index (χ0v) is 16.5. The summed E-state index contributed by atoms with van der Waals surface area (Å²) in [5.41, 5.74) is 1.15. The molecule has 8 heteroatoms. The molecule has 0 aliphatic carbocycles. The average molecular weight is 479 g/mol. The van der Waals surface area contributed by atoms with Crippen molar-refractivity contribution in [2.75, 3.05) is 6.54 Å². The van der Waals surface area contributed by atoms with Crippen molar-refractivity contribution in [3.63, 3.8) is 0 Å². The van der Waals surface area contributed by atoms with Gasteiger partial charge in [0.05, 0.1) is 13.1 Å². The molecule has 0 amide bonds. The highest BCUT2D eigenvalue weighted by atomic mass is 127. The van der Waals surface area contributed by atoms with Crippen molar-refractivity contribution in [1.82, 2.24) is 25.4 Å². The van der Waals surface area contributed by atoms with E-state index in [-0.39, 0.29) is 24.0 Å². The molecule has 0 unspecified atom stereocenters. The van der Waals surface area contributed by atoms with Crippen LogP contribution in [0.3, 0.4) is 0 Å². The van der Waals surface area contributed by atoms with Gasteiger partial charge in [-0.1, -0.05) is 28.1 Å². The van der Waals surface area contributed by atoms with Crippen LogP contribution in [0.2, 0.25) is 0 Å². The van der Waals surface area contributed by atoms with E-state index in [1.165, 1.54) is 0 Å². The normalized spacial score (nSPS) is 11.0. The van der Waals surface area contributed by atoms with Crippen molar-refractivity contribution in [2.45, 2.75) is 20.0 Å². The van der Waals surface area contributed by atoms with Crippen LogP contribution in [0.4, 0.5) is 0 Å². The summed E-state index contributed by atoms with van der Waals surface area (Å²) in [5, 5.41) is 10.5. The van der Waals surface area contributed by atoms with E-state index in [0.29, 0.717) is 13.1 Å². The van der Waals surface area contributed by atoms with Crippen LogP contribution >= 0.6 is 39.9 Å². The first kappa shape index (κ1) is 18.9. The van der Waals surface area contributed by atoms with Crippen LogP contribution in [0.1, 0.15) is 18.3 Å². The van der Waals surface area contributed by atoms with Crippen molar-refractivity contribution in [2.24, 2.45) is 12.0 Å². The Morgan fingerprint density at radius 1 is 1.36 bits per heavy atom. The number of hydrogen-bond acceptors (Lipinski definition) is 3. The third-order valence-electron chi connectivity index (χ3n) is 2.87. The number of benzene rings is 1. The SMILES string of the molecule is CCNC(=NCc1cccc(Br)c1)NCc1ncnn1C.I. The minimum atomic E-state index is 0. The molecule has 2 aromatic rings. The summed E-state index contributed by atoms with van der Waals surface area (Å²) in [6, 6.07) is 8.13. The van der Waals surface area contributed by atoms with Crippen LogP contribution in [0.25, 0.3) is 0 Å². The predicted octanol–water partition coefficient (Wildman–Crippen LogP) is 2.45. The quantitative estimate of drug-likeness (QED) is 0.393. The molecule has 0 spiro atoms. The molecule has 0 radical (unpaired) electrons. The topological polar surface area (TPSA) is 67.1 Å². The third kappa shape index (κ3) is 5.91. The maximum Gasteiger partial charge on any atom is 0.191 e. The summed E-state index contributed by atoms with van der Waals surface area (Å²) < 4.78 is 2.80. The van der Waals surface area contributed by atoms with Gasteiger partial charge in [-0.3, -0.25) is 4.68 Å². The Kier molecular flexibility index (Phi) is 8.39. The largest absolute Gasteiger partial charge is 0.357 e. The molecule has 2 N–H and O–H groups in total. The highest BCUT2D eigenvalue weighted by molar-refractivity contribution is 14.0. The van der Waals surface area contributed by atoms with E-state index in [1.54, 1.807) is 11.0 Å². The first-order chi connectivity index (χ1) is 10.2. The Morgan fingerprint density at radius 3 is 2.82 bits per heavy atom. The molecule has 0 aliphatic heterocycles. The van der Waals surface area contributed by atoms with Crippen molar-refractivity contribution >= 4 is 45.9 Å². The lowest BCUT2D eigenvalue weighted by molar-refractivity contribution is 0.673. The number of nitrogens with zero attached hydrogens (tertiary/aromatic N) is 4. The van der Waals surface area contributed by atoms with Crippen molar-refractivity contribution in [1.29, 1.82) is 0 Å². The van der Waals surface area contributed by atoms with Crippen LogP contribution < -0.4 is 10.6 Å². The first-order valence-corrected chi connectivity index (χ1v) is 7.58. The van der Waals surface area contributed by atoms with E-state index in [4.69, 9.17) is 0 Å². The van der Waals surface area contributed by atoms with E-state index in [2.05, 4.69) is 53.8 Å². The number of halogens is 2. The molecule has 6 nitrogen and oxygen atoms in total. The van der Waals surface area contributed by atoms with Crippen LogP contribution in [0.15, 0.2) is 40.1 Å². The standard InChI is InChI=1S/C14H19BrN6.HI/c1-3-16-14(18-9-13-19-10-20-21(13)2)17-8-11-5-4-6-12(15)7-11;/h4-7,10H,3,8-9H2,1-2H3,(H2,16,17,18);1H. The summed E-state index contributed by atoms with van der Waals surface area (Å²) in [5.74, 6) is 1.63. The second-order valence-corrected chi connectivity index (χ2v) is 5.39. The third-order valence-corrected chi connectivity index (χ3v) is 3.37. The molecule has 0 saturated carbocycles. The van der Waals surface area contributed by atoms with Gasteiger partial charge in [-0.25, -0.2) is 9.98 Å². The van der Waals surface area contributed by atoms with Gasteiger partial charge in [0.1, 0.15) is 12.2 Å². The lowest BCUT2D eigenvalue weighted by atomic mass is 10.2. The van der Waals surface area contributed by atoms with Crippen LogP contribution in [0, 0.1) is 0 Å². The molecule has 0 atom stereocenters. The van der Waals surface area contributed by atoms with Crippen LogP contribution in [0.5, 0.6) is 0 Å². The molecular weight excluding hydrogens is 459 g/mol. The van der Waals surface area contributed by atoms with E-state index in [0.717, 1.165) is 28.4 Å². The van der Waals surface area contributed by atoms with Gasteiger partial charge in [-0.2, -0.15) is 5.10 Å². The molecule has 0 fully saturated rings. The van der Waals surface area contributed by atoms with Gasteiger partial charge in [0.15, 0.2) is 5.96 Å².